The molecular weight excluding hydrogens is 392 g/mol. The molecule has 32 heavy (non-hydrogen) atoms. The molecule has 0 aliphatic carbocycles. The first-order valence-corrected chi connectivity index (χ1v) is 11.9. The van der Waals surface area contributed by atoms with Gasteiger partial charge in [0.1, 0.15) is 0 Å². The fourth-order valence-corrected chi connectivity index (χ4v) is 4.89. The number of aromatic nitrogens is 2. The van der Waals surface area contributed by atoms with Crippen LogP contribution in [0.4, 0.5) is 0 Å². The van der Waals surface area contributed by atoms with Gasteiger partial charge in [0.25, 0.3) is 0 Å². The van der Waals surface area contributed by atoms with Crippen LogP contribution in [-0.2, 0) is 19.5 Å². The Morgan fingerprint density at radius 3 is 2.47 bits per heavy atom. The van der Waals surface area contributed by atoms with E-state index in [1.165, 1.54) is 46.5 Å². The number of nitrogens with one attached hydrogen (secondary N) is 1. The van der Waals surface area contributed by atoms with Crippen LogP contribution in [0.15, 0.2) is 60.9 Å². The van der Waals surface area contributed by atoms with Gasteiger partial charge in [-0.25, -0.2) is 0 Å². The predicted octanol–water partition coefficient (Wildman–Crippen LogP) is 5.19. The highest BCUT2D eigenvalue weighted by molar-refractivity contribution is 5.28. The highest BCUT2D eigenvalue weighted by atomic mass is 15.2. The summed E-state index contributed by atoms with van der Waals surface area (Å²) in [5.41, 5.74) is 7.64. The van der Waals surface area contributed by atoms with Gasteiger partial charge < -0.3 is 5.32 Å². The summed E-state index contributed by atoms with van der Waals surface area (Å²) in [4.78, 5) is 12.3. The van der Waals surface area contributed by atoms with Crippen molar-refractivity contribution in [1.82, 2.24) is 20.2 Å². The molecule has 3 aromatic rings. The van der Waals surface area contributed by atoms with E-state index >= 15 is 0 Å². The second-order valence-electron chi connectivity index (χ2n) is 9.29. The lowest BCUT2D eigenvalue weighted by atomic mass is 9.92. The highest BCUT2D eigenvalue weighted by Crippen LogP contribution is 2.26. The van der Waals surface area contributed by atoms with E-state index in [-0.39, 0.29) is 0 Å². The normalized spacial score (nSPS) is 15.8. The van der Waals surface area contributed by atoms with E-state index in [1.807, 2.05) is 12.4 Å². The first-order valence-electron chi connectivity index (χ1n) is 11.9. The fourth-order valence-electron chi connectivity index (χ4n) is 4.89. The molecule has 1 aliphatic rings. The van der Waals surface area contributed by atoms with Crippen LogP contribution >= 0.6 is 0 Å². The lowest BCUT2D eigenvalue weighted by molar-refractivity contribution is 0.141. The molecule has 4 rings (SSSR count). The smallest absolute Gasteiger partial charge is 0.0578 e. The number of piperidine rings is 1. The van der Waals surface area contributed by atoms with Crippen molar-refractivity contribution in [2.75, 3.05) is 13.1 Å². The first-order chi connectivity index (χ1) is 15.6. The zero-order valence-corrected chi connectivity index (χ0v) is 19.7. The summed E-state index contributed by atoms with van der Waals surface area (Å²) < 4.78 is 0. The lowest BCUT2D eigenvalue weighted by Gasteiger charge is -2.35. The van der Waals surface area contributed by atoms with Crippen molar-refractivity contribution < 1.29 is 0 Å². The van der Waals surface area contributed by atoms with Crippen LogP contribution in [0.2, 0.25) is 0 Å². The Balaban J connectivity index is 1.57. The van der Waals surface area contributed by atoms with Crippen LogP contribution in [-0.4, -0.2) is 34.0 Å². The summed E-state index contributed by atoms with van der Waals surface area (Å²) in [6, 6.07) is 17.9. The van der Waals surface area contributed by atoms with Gasteiger partial charge in [-0.2, -0.15) is 0 Å². The van der Waals surface area contributed by atoms with Gasteiger partial charge >= 0.3 is 0 Å². The minimum Gasteiger partial charge on any atom is -0.317 e. The molecular formula is C28H36N4. The second-order valence-corrected chi connectivity index (χ2v) is 9.29. The van der Waals surface area contributed by atoms with E-state index in [0.717, 1.165) is 32.6 Å². The number of aryl methyl sites for hydroxylation is 2. The van der Waals surface area contributed by atoms with E-state index in [9.17, 15) is 0 Å². The molecule has 0 saturated carbocycles. The Labute approximate surface area is 193 Å². The Bertz CT molecular complexity index is 995. The largest absolute Gasteiger partial charge is 0.317 e. The third kappa shape index (κ3) is 5.81. The topological polar surface area (TPSA) is 41.1 Å². The third-order valence-electron chi connectivity index (χ3n) is 6.70. The van der Waals surface area contributed by atoms with E-state index in [2.05, 4.69) is 79.5 Å². The standard InChI is InChI=1S/C28H36N4/c1-21-16-23(3)27(31-18-21)19-32(25-11-14-29-15-12-25)20-28-26(10-7-13-30-28)22(2)17-24-8-5-4-6-9-24/h4-10,13,16,18,22,25,29H,11-12,14-15,17,19-20H2,1-3H3. The summed E-state index contributed by atoms with van der Waals surface area (Å²) >= 11 is 0. The minimum absolute atomic E-state index is 0.426. The van der Waals surface area contributed by atoms with Gasteiger partial charge in [-0.3, -0.25) is 14.9 Å². The van der Waals surface area contributed by atoms with Gasteiger partial charge in [0.15, 0.2) is 0 Å². The molecule has 1 atom stereocenters. The minimum atomic E-state index is 0.426. The number of nitrogens with zero attached hydrogens (tertiary/aromatic N) is 3. The second kappa shape index (κ2) is 10.8. The monoisotopic (exact) mass is 428 g/mol. The predicted molar refractivity (Wildman–Crippen MR) is 132 cm³/mol. The van der Waals surface area contributed by atoms with E-state index in [4.69, 9.17) is 9.97 Å². The Kier molecular flexibility index (Phi) is 7.67. The fraction of sp³-hybridized carbons (Fsp3) is 0.429. The van der Waals surface area contributed by atoms with Crippen molar-refractivity contribution in [3.8, 4) is 0 Å². The SMILES string of the molecule is Cc1cnc(CN(Cc2ncccc2C(C)Cc2ccccc2)C2CCNCC2)c(C)c1. The molecule has 1 N–H and O–H groups in total. The van der Waals surface area contributed by atoms with Crippen LogP contribution in [0.25, 0.3) is 0 Å². The maximum absolute atomic E-state index is 4.88. The molecule has 3 heterocycles. The van der Waals surface area contributed by atoms with Crippen molar-refractivity contribution in [3.05, 3.63) is 94.6 Å². The molecule has 4 heteroatoms. The van der Waals surface area contributed by atoms with Crippen molar-refractivity contribution in [2.45, 2.75) is 65.1 Å². The molecule has 168 valence electrons. The van der Waals surface area contributed by atoms with Crippen LogP contribution in [0.1, 0.15) is 59.3 Å². The van der Waals surface area contributed by atoms with Crippen LogP contribution in [0.5, 0.6) is 0 Å². The summed E-state index contributed by atoms with van der Waals surface area (Å²) in [6.45, 7) is 10.5. The quantitative estimate of drug-likeness (QED) is 0.536. The van der Waals surface area contributed by atoms with Crippen molar-refractivity contribution in [2.24, 2.45) is 0 Å². The molecule has 2 aromatic heterocycles. The lowest BCUT2D eigenvalue weighted by Crippen LogP contribution is -2.43. The Morgan fingerprint density at radius 2 is 1.72 bits per heavy atom. The number of benzene rings is 1. The molecule has 0 spiro atoms. The maximum Gasteiger partial charge on any atom is 0.0578 e. The molecule has 0 amide bonds. The number of pyridine rings is 2. The third-order valence-corrected chi connectivity index (χ3v) is 6.70. The molecule has 4 nitrogen and oxygen atoms in total. The van der Waals surface area contributed by atoms with E-state index in [0.29, 0.717) is 12.0 Å². The zero-order chi connectivity index (χ0) is 22.3. The van der Waals surface area contributed by atoms with Crippen LogP contribution in [0.3, 0.4) is 0 Å². The van der Waals surface area contributed by atoms with Gasteiger partial charge in [-0.1, -0.05) is 49.4 Å². The molecule has 0 bridgehead atoms. The van der Waals surface area contributed by atoms with Crippen molar-refractivity contribution >= 4 is 0 Å². The van der Waals surface area contributed by atoms with Gasteiger partial charge in [0, 0.05) is 31.5 Å². The molecule has 1 aliphatic heterocycles. The number of hydrogen-bond acceptors (Lipinski definition) is 4. The molecule has 1 saturated heterocycles. The zero-order valence-electron chi connectivity index (χ0n) is 19.7. The highest BCUT2D eigenvalue weighted by Gasteiger charge is 2.24. The van der Waals surface area contributed by atoms with E-state index < -0.39 is 0 Å². The maximum atomic E-state index is 4.88. The van der Waals surface area contributed by atoms with Gasteiger partial charge in [0.05, 0.1) is 11.4 Å². The van der Waals surface area contributed by atoms with Gasteiger partial charge in [0.2, 0.25) is 0 Å². The molecule has 1 fully saturated rings. The molecule has 1 aromatic carbocycles. The van der Waals surface area contributed by atoms with E-state index in [1.54, 1.807) is 0 Å². The summed E-state index contributed by atoms with van der Waals surface area (Å²) in [7, 11) is 0. The number of rotatable bonds is 8. The molecule has 1 unspecified atom stereocenters. The average Bonchev–Trinajstić information content (AvgIpc) is 2.82. The van der Waals surface area contributed by atoms with Crippen LogP contribution in [0, 0.1) is 13.8 Å². The summed E-state index contributed by atoms with van der Waals surface area (Å²) in [6.07, 6.45) is 7.33. The Morgan fingerprint density at radius 1 is 0.969 bits per heavy atom. The van der Waals surface area contributed by atoms with Gasteiger partial charge in [-0.05, 0) is 80.4 Å². The summed E-state index contributed by atoms with van der Waals surface area (Å²) in [5.74, 6) is 0.426. The number of hydrogen-bond donors (Lipinski definition) is 1. The average molecular weight is 429 g/mol. The van der Waals surface area contributed by atoms with Crippen molar-refractivity contribution in [3.63, 3.8) is 0 Å². The molecule has 0 radical (unpaired) electrons. The van der Waals surface area contributed by atoms with Gasteiger partial charge in [-0.15, -0.1) is 0 Å². The van der Waals surface area contributed by atoms with Crippen molar-refractivity contribution in [1.29, 1.82) is 0 Å². The summed E-state index contributed by atoms with van der Waals surface area (Å²) in [5, 5.41) is 3.52. The van der Waals surface area contributed by atoms with Crippen LogP contribution < -0.4 is 5.32 Å². The first kappa shape index (κ1) is 22.6. The Hall–Kier alpha value is -2.56.